The van der Waals surface area contributed by atoms with E-state index in [1.807, 2.05) is 24.3 Å². The average Bonchev–Trinajstić information content (AvgIpc) is 2.67. The SMILES string of the molecule is NC[C@H](OC(=O)C1(c2ccc(Cl)cc2)CCNCC1)C1CCCCC1. The second kappa shape index (κ2) is 8.52. The largest absolute Gasteiger partial charge is 0.460 e. The molecule has 25 heavy (non-hydrogen) atoms. The van der Waals surface area contributed by atoms with E-state index in [9.17, 15) is 4.79 Å². The molecule has 0 radical (unpaired) electrons. The Morgan fingerprint density at radius 1 is 1.20 bits per heavy atom. The van der Waals surface area contributed by atoms with E-state index in [1.54, 1.807) is 0 Å². The number of halogens is 1. The molecule has 0 bridgehead atoms. The van der Waals surface area contributed by atoms with Crippen LogP contribution in [-0.4, -0.2) is 31.7 Å². The van der Waals surface area contributed by atoms with E-state index in [0.717, 1.165) is 44.3 Å². The quantitative estimate of drug-likeness (QED) is 0.786. The first-order chi connectivity index (χ1) is 12.2. The van der Waals surface area contributed by atoms with Crippen LogP contribution in [0.15, 0.2) is 24.3 Å². The first kappa shape index (κ1) is 18.7. The van der Waals surface area contributed by atoms with Crippen molar-refractivity contribution >= 4 is 17.6 Å². The molecule has 1 saturated carbocycles. The summed E-state index contributed by atoms with van der Waals surface area (Å²) in [4.78, 5) is 13.3. The maximum atomic E-state index is 13.3. The van der Waals surface area contributed by atoms with E-state index in [-0.39, 0.29) is 12.1 Å². The van der Waals surface area contributed by atoms with Gasteiger partial charge in [0.15, 0.2) is 0 Å². The van der Waals surface area contributed by atoms with Gasteiger partial charge in [-0.2, -0.15) is 0 Å². The number of benzene rings is 1. The standard InChI is InChI=1S/C20H29ClN2O2/c21-17-8-6-16(7-9-17)20(10-12-23-13-11-20)19(24)25-18(14-22)15-4-2-1-3-5-15/h6-9,15,18,23H,1-5,10-14,22H2/t18-/m0/s1. The van der Waals surface area contributed by atoms with Gasteiger partial charge in [-0.05, 0) is 62.4 Å². The molecular weight excluding hydrogens is 336 g/mol. The number of esters is 1. The number of piperidine rings is 1. The molecule has 1 aliphatic heterocycles. The molecule has 138 valence electrons. The van der Waals surface area contributed by atoms with Crippen molar-refractivity contribution in [1.82, 2.24) is 5.32 Å². The summed E-state index contributed by atoms with van der Waals surface area (Å²) in [5.41, 5.74) is 6.39. The number of hydrogen-bond acceptors (Lipinski definition) is 4. The van der Waals surface area contributed by atoms with Gasteiger partial charge in [-0.1, -0.05) is 43.0 Å². The number of nitrogens with two attached hydrogens (primary N) is 1. The van der Waals surface area contributed by atoms with Crippen LogP contribution in [0.4, 0.5) is 0 Å². The zero-order valence-electron chi connectivity index (χ0n) is 14.8. The van der Waals surface area contributed by atoms with Gasteiger partial charge in [0.25, 0.3) is 0 Å². The zero-order chi connectivity index (χ0) is 17.7. The smallest absolute Gasteiger partial charge is 0.316 e. The molecular formula is C20H29ClN2O2. The van der Waals surface area contributed by atoms with E-state index >= 15 is 0 Å². The average molecular weight is 365 g/mol. The van der Waals surface area contributed by atoms with Gasteiger partial charge in [-0.25, -0.2) is 0 Å². The Morgan fingerprint density at radius 2 is 1.84 bits per heavy atom. The lowest BCUT2D eigenvalue weighted by Crippen LogP contribution is -2.49. The van der Waals surface area contributed by atoms with Crippen LogP contribution in [0.1, 0.15) is 50.5 Å². The fraction of sp³-hybridized carbons (Fsp3) is 0.650. The van der Waals surface area contributed by atoms with Gasteiger partial charge >= 0.3 is 5.97 Å². The van der Waals surface area contributed by atoms with Crippen LogP contribution >= 0.6 is 11.6 Å². The third-order valence-corrected chi connectivity index (χ3v) is 6.16. The van der Waals surface area contributed by atoms with Crippen molar-refractivity contribution in [3.63, 3.8) is 0 Å². The lowest BCUT2D eigenvalue weighted by atomic mass is 9.73. The van der Waals surface area contributed by atoms with E-state index in [2.05, 4.69) is 5.32 Å². The van der Waals surface area contributed by atoms with E-state index in [1.165, 1.54) is 19.3 Å². The van der Waals surface area contributed by atoms with Gasteiger partial charge in [-0.15, -0.1) is 0 Å². The van der Waals surface area contributed by atoms with Crippen molar-refractivity contribution in [2.24, 2.45) is 11.7 Å². The molecule has 2 fully saturated rings. The molecule has 1 aromatic carbocycles. The fourth-order valence-corrected chi connectivity index (χ4v) is 4.45. The molecule has 0 aromatic heterocycles. The van der Waals surface area contributed by atoms with Crippen LogP contribution in [0.2, 0.25) is 5.02 Å². The Kier molecular flexibility index (Phi) is 6.37. The van der Waals surface area contributed by atoms with Crippen molar-refractivity contribution in [3.05, 3.63) is 34.9 Å². The van der Waals surface area contributed by atoms with Crippen LogP contribution in [0.3, 0.4) is 0 Å². The lowest BCUT2D eigenvalue weighted by molar-refractivity contribution is -0.160. The molecule has 4 nitrogen and oxygen atoms in total. The molecule has 1 aromatic rings. The highest BCUT2D eigenvalue weighted by Crippen LogP contribution is 2.37. The van der Waals surface area contributed by atoms with E-state index in [0.29, 0.717) is 17.5 Å². The Morgan fingerprint density at radius 3 is 2.44 bits per heavy atom. The predicted octanol–water partition coefficient (Wildman–Crippen LogP) is 3.41. The monoisotopic (exact) mass is 364 g/mol. The van der Waals surface area contributed by atoms with Gasteiger partial charge in [0.2, 0.25) is 0 Å². The summed E-state index contributed by atoms with van der Waals surface area (Å²) in [6.45, 7) is 2.04. The summed E-state index contributed by atoms with van der Waals surface area (Å²) >= 11 is 6.04. The summed E-state index contributed by atoms with van der Waals surface area (Å²) in [6, 6.07) is 7.64. The zero-order valence-corrected chi connectivity index (χ0v) is 15.6. The normalized spacial score (nSPS) is 22.3. The lowest BCUT2D eigenvalue weighted by Gasteiger charge is -2.38. The molecule has 3 rings (SSSR count). The highest BCUT2D eigenvalue weighted by Gasteiger charge is 2.44. The van der Waals surface area contributed by atoms with Crippen LogP contribution < -0.4 is 11.1 Å². The number of carbonyl (C=O) groups excluding carboxylic acids is 1. The summed E-state index contributed by atoms with van der Waals surface area (Å²) in [6.07, 6.45) is 7.27. The van der Waals surface area contributed by atoms with E-state index in [4.69, 9.17) is 22.1 Å². The van der Waals surface area contributed by atoms with Gasteiger partial charge in [0, 0.05) is 11.6 Å². The minimum atomic E-state index is -0.585. The van der Waals surface area contributed by atoms with Gasteiger partial charge in [0.1, 0.15) is 6.10 Å². The summed E-state index contributed by atoms with van der Waals surface area (Å²) in [5, 5.41) is 4.03. The highest BCUT2D eigenvalue weighted by molar-refractivity contribution is 6.30. The Bertz CT molecular complexity index is 564. The van der Waals surface area contributed by atoms with Crippen LogP contribution in [0.5, 0.6) is 0 Å². The number of rotatable bonds is 5. The van der Waals surface area contributed by atoms with Crippen molar-refractivity contribution in [2.45, 2.75) is 56.5 Å². The van der Waals surface area contributed by atoms with Crippen molar-refractivity contribution < 1.29 is 9.53 Å². The maximum absolute atomic E-state index is 13.3. The van der Waals surface area contributed by atoms with Crippen molar-refractivity contribution in [3.8, 4) is 0 Å². The number of ether oxygens (including phenoxy) is 1. The topological polar surface area (TPSA) is 64.3 Å². The summed E-state index contributed by atoms with van der Waals surface area (Å²) < 4.78 is 6.04. The van der Waals surface area contributed by atoms with E-state index < -0.39 is 5.41 Å². The number of nitrogens with one attached hydrogen (secondary N) is 1. The molecule has 0 amide bonds. The first-order valence-corrected chi connectivity index (χ1v) is 9.91. The highest BCUT2D eigenvalue weighted by atomic mass is 35.5. The second-order valence-electron chi connectivity index (χ2n) is 7.42. The Labute approximate surface area is 155 Å². The molecule has 1 saturated heterocycles. The Balaban J connectivity index is 1.80. The third kappa shape index (κ3) is 4.18. The predicted molar refractivity (Wildman–Crippen MR) is 101 cm³/mol. The molecule has 1 aliphatic carbocycles. The minimum Gasteiger partial charge on any atom is -0.460 e. The van der Waals surface area contributed by atoms with Crippen LogP contribution in [0, 0.1) is 5.92 Å². The molecule has 0 unspecified atom stereocenters. The van der Waals surface area contributed by atoms with Gasteiger partial charge < -0.3 is 15.8 Å². The molecule has 2 aliphatic rings. The number of carbonyl (C=O) groups is 1. The second-order valence-corrected chi connectivity index (χ2v) is 7.85. The minimum absolute atomic E-state index is 0.114. The van der Waals surface area contributed by atoms with Crippen LogP contribution in [-0.2, 0) is 14.9 Å². The summed E-state index contributed by atoms with van der Waals surface area (Å²) in [5.74, 6) is 0.295. The maximum Gasteiger partial charge on any atom is 0.316 e. The molecule has 1 atom stereocenters. The molecule has 1 heterocycles. The van der Waals surface area contributed by atoms with Gasteiger partial charge in [0.05, 0.1) is 5.41 Å². The van der Waals surface area contributed by atoms with Crippen molar-refractivity contribution in [2.75, 3.05) is 19.6 Å². The summed E-state index contributed by atoms with van der Waals surface area (Å²) in [7, 11) is 0. The Hall–Kier alpha value is -1.10. The first-order valence-electron chi connectivity index (χ1n) is 9.53. The number of hydrogen-bond donors (Lipinski definition) is 2. The molecule has 5 heteroatoms. The van der Waals surface area contributed by atoms with Gasteiger partial charge in [-0.3, -0.25) is 4.79 Å². The fourth-order valence-electron chi connectivity index (χ4n) is 4.33. The molecule has 3 N–H and O–H groups in total. The molecule has 0 spiro atoms. The van der Waals surface area contributed by atoms with Crippen LogP contribution in [0.25, 0.3) is 0 Å². The third-order valence-electron chi connectivity index (χ3n) is 5.91. The van der Waals surface area contributed by atoms with Crippen molar-refractivity contribution in [1.29, 1.82) is 0 Å².